The van der Waals surface area contributed by atoms with Crippen molar-refractivity contribution in [3.63, 3.8) is 0 Å². The molecule has 0 N–H and O–H groups in total. The number of phosphoric acid groups is 1. The number of ether oxygens (including phenoxy) is 2. The van der Waals surface area contributed by atoms with Crippen molar-refractivity contribution >= 4 is 19.8 Å². The summed E-state index contributed by atoms with van der Waals surface area (Å²) in [7, 11) is 1.10. The molecule has 0 fully saturated rings. The molecule has 0 aliphatic carbocycles. The van der Waals surface area contributed by atoms with Gasteiger partial charge in [-0.15, -0.1) is 0 Å². The van der Waals surface area contributed by atoms with Crippen LogP contribution in [0.15, 0.2) is 97.2 Å². The lowest BCUT2D eigenvalue weighted by molar-refractivity contribution is -0.870. The summed E-state index contributed by atoms with van der Waals surface area (Å²) in [6.07, 6.45) is 57.3. The van der Waals surface area contributed by atoms with Crippen LogP contribution in [0.5, 0.6) is 0 Å². The van der Waals surface area contributed by atoms with E-state index in [-0.39, 0.29) is 26.1 Å². The third-order valence-corrected chi connectivity index (χ3v) is 10.6. The van der Waals surface area contributed by atoms with Crippen molar-refractivity contribution in [2.45, 2.75) is 174 Å². The first-order valence-electron chi connectivity index (χ1n) is 23.9. The Morgan fingerprint density at radius 3 is 1.44 bits per heavy atom. The molecule has 10 heteroatoms. The first kappa shape index (κ1) is 58.9. The van der Waals surface area contributed by atoms with E-state index in [1.165, 1.54) is 57.8 Å². The number of allylic oxidation sites excluding steroid dienone is 16. The number of hydrogen-bond acceptors (Lipinski definition) is 8. The summed E-state index contributed by atoms with van der Waals surface area (Å²) >= 11 is 0. The molecule has 62 heavy (non-hydrogen) atoms. The SMILES string of the molecule is CC/C=C/C/C=C/C/C=C/C/C=C/C/C=C/C/C=C/CCC(=O)O[C@H](COC(=O)CCCCCCCCCCC/C=C/C/C=C/CCCCC)COP(=O)([O-])OCC[N+](C)(C)C. The molecule has 0 aliphatic rings. The van der Waals surface area contributed by atoms with Crippen LogP contribution in [0, 0.1) is 0 Å². The molecule has 0 aromatic rings. The highest BCUT2D eigenvalue weighted by molar-refractivity contribution is 7.45. The lowest BCUT2D eigenvalue weighted by Crippen LogP contribution is -2.37. The monoisotopic (exact) mass is 886 g/mol. The zero-order valence-corrected chi connectivity index (χ0v) is 40.7. The Kier molecular flexibility index (Phi) is 41.1. The molecule has 0 saturated carbocycles. The van der Waals surface area contributed by atoms with E-state index in [2.05, 4.69) is 98.9 Å². The maximum absolute atomic E-state index is 12.7. The molecule has 354 valence electrons. The molecule has 0 aromatic heterocycles. The molecule has 1 unspecified atom stereocenters. The van der Waals surface area contributed by atoms with Gasteiger partial charge in [0.1, 0.15) is 19.8 Å². The molecule has 0 amide bonds. The van der Waals surface area contributed by atoms with E-state index >= 15 is 0 Å². The van der Waals surface area contributed by atoms with E-state index < -0.39 is 32.5 Å². The maximum Gasteiger partial charge on any atom is 0.306 e. The van der Waals surface area contributed by atoms with E-state index in [0.29, 0.717) is 23.9 Å². The third-order valence-electron chi connectivity index (χ3n) is 9.60. The van der Waals surface area contributed by atoms with Crippen LogP contribution in [0.25, 0.3) is 0 Å². The highest BCUT2D eigenvalue weighted by Crippen LogP contribution is 2.38. The lowest BCUT2D eigenvalue weighted by Gasteiger charge is -2.28. The van der Waals surface area contributed by atoms with E-state index in [1.54, 1.807) is 0 Å². The van der Waals surface area contributed by atoms with Crippen molar-refractivity contribution in [3.05, 3.63) is 97.2 Å². The van der Waals surface area contributed by atoms with Gasteiger partial charge in [0.2, 0.25) is 0 Å². The number of esters is 2. The van der Waals surface area contributed by atoms with Gasteiger partial charge in [-0.2, -0.15) is 0 Å². The highest BCUT2D eigenvalue weighted by atomic mass is 31.2. The van der Waals surface area contributed by atoms with Crippen molar-refractivity contribution in [2.75, 3.05) is 47.5 Å². The van der Waals surface area contributed by atoms with Gasteiger partial charge in [0.25, 0.3) is 7.82 Å². The molecule has 0 aromatic carbocycles. The summed E-state index contributed by atoms with van der Waals surface area (Å²) in [4.78, 5) is 37.6. The number of phosphoric ester groups is 1. The molecule has 0 radical (unpaired) electrons. The van der Waals surface area contributed by atoms with Gasteiger partial charge in [0.05, 0.1) is 27.7 Å². The number of likely N-dealkylation sites (N-methyl/N-ethyl adjacent to an activating group) is 1. The minimum absolute atomic E-state index is 0.0503. The molecule has 0 spiro atoms. The molecule has 0 rings (SSSR count). The van der Waals surface area contributed by atoms with Crippen molar-refractivity contribution in [3.8, 4) is 0 Å². The fraction of sp³-hybridized carbons (Fsp3) is 0.654. The molecule has 0 aliphatic heterocycles. The van der Waals surface area contributed by atoms with Gasteiger partial charge in [-0.05, 0) is 83.5 Å². The van der Waals surface area contributed by atoms with Crippen LogP contribution < -0.4 is 4.89 Å². The third kappa shape index (κ3) is 46.4. The average molecular weight is 886 g/mol. The predicted octanol–water partition coefficient (Wildman–Crippen LogP) is 13.5. The van der Waals surface area contributed by atoms with Gasteiger partial charge < -0.3 is 27.9 Å². The fourth-order valence-corrected chi connectivity index (χ4v) is 6.61. The summed E-state index contributed by atoms with van der Waals surface area (Å²) in [5.41, 5.74) is 0. The van der Waals surface area contributed by atoms with Crippen LogP contribution in [0.4, 0.5) is 0 Å². The normalized spacial score (nSPS) is 14.4. The number of carbonyl (C=O) groups excluding carboxylic acids is 2. The van der Waals surface area contributed by atoms with Crippen LogP contribution >= 0.6 is 7.82 Å². The quantitative estimate of drug-likeness (QED) is 0.0196. The van der Waals surface area contributed by atoms with Gasteiger partial charge in [-0.3, -0.25) is 14.2 Å². The second-order valence-corrected chi connectivity index (χ2v) is 18.1. The Bertz CT molecular complexity index is 1370. The van der Waals surface area contributed by atoms with E-state index in [4.69, 9.17) is 18.5 Å². The Balaban J connectivity index is 4.44. The van der Waals surface area contributed by atoms with Crippen molar-refractivity contribution in [1.29, 1.82) is 0 Å². The molecular formula is C52H88NO8P. The first-order chi connectivity index (χ1) is 30.0. The largest absolute Gasteiger partial charge is 0.756 e. The Labute approximate surface area is 379 Å². The van der Waals surface area contributed by atoms with Crippen LogP contribution in [0.3, 0.4) is 0 Å². The molecule has 0 bridgehead atoms. The molecular weight excluding hydrogens is 798 g/mol. The zero-order chi connectivity index (χ0) is 45.7. The second-order valence-electron chi connectivity index (χ2n) is 16.7. The van der Waals surface area contributed by atoms with Gasteiger partial charge in [0, 0.05) is 12.8 Å². The predicted molar refractivity (Wildman–Crippen MR) is 259 cm³/mol. The van der Waals surface area contributed by atoms with Gasteiger partial charge >= 0.3 is 11.9 Å². The maximum atomic E-state index is 12.7. The standard InChI is InChI=1S/C52H88NO8P/c1-6-8-10-12-14-16-18-20-22-24-26-28-30-32-34-36-38-40-42-44-51(54)58-48-50(49-60-62(56,57)59-47-46-53(3,4)5)61-52(55)45-43-41-39-37-35-33-31-29-27-25-23-21-19-17-15-13-11-9-7-2/h9,11,14-17,20-23,27,29,33,35,39,41,50H,6-8,10,12-13,18-19,24-26,28,30-32,34,36-38,40,42-49H2,1-5H3/b11-9+,16-14+,17-15+,22-20+,23-21+,29-27+,35-33+,41-39+/t50-/m1/s1. The fourth-order valence-electron chi connectivity index (χ4n) is 5.89. The Hall–Kier alpha value is -3.07. The number of carbonyl (C=O) groups is 2. The summed E-state index contributed by atoms with van der Waals surface area (Å²) in [5.74, 6) is -0.945. The van der Waals surface area contributed by atoms with Crippen molar-refractivity contribution in [2.24, 2.45) is 0 Å². The number of rotatable bonds is 42. The van der Waals surface area contributed by atoms with Crippen LogP contribution in [-0.4, -0.2) is 70.0 Å². The molecule has 0 heterocycles. The molecule has 9 nitrogen and oxygen atoms in total. The van der Waals surface area contributed by atoms with Gasteiger partial charge in [-0.25, -0.2) is 0 Å². The van der Waals surface area contributed by atoms with Crippen LogP contribution in [-0.2, 0) is 32.7 Å². The lowest BCUT2D eigenvalue weighted by atomic mass is 10.1. The average Bonchev–Trinajstić information content (AvgIpc) is 3.23. The first-order valence-corrected chi connectivity index (χ1v) is 25.4. The van der Waals surface area contributed by atoms with Crippen molar-refractivity contribution < 1.29 is 42.1 Å². The van der Waals surface area contributed by atoms with Crippen molar-refractivity contribution in [1.82, 2.24) is 0 Å². The summed E-state index contributed by atoms with van der Waals surface area (Å²) in [6, 6.07) is 0. The number of unbranched alkanes of at least 4 members (excludes halogenated alkanes) is 12. The second kappa shape index (κ2) is 43.2. The Morgan fingerprint density at radius 1 is 0.516 bits per heavy atom. The smallest absolute Gasteiger partial charge is 0.306 e. The summed E-state index contributed by atoms with van der Waals surface area (Å²) in [5, 5.41) is 0. The topological polar surface area (TPSA) is 111 Å². The minimum atomic E-state index is -4.66. The highest BCUT2D eigenvalue weighted by Gasteiger charge is 2.21. The van der Waals surface area contributed by atoms with E-state index in [1.807, 2.05) is 33.3 Å². The van der Waals surface area contributed by atoms with Gasteiger partial charge in [-0.1, -0.05) is 169 Å². The zero-order valence-electron chi connectivity index (χ0n) is 39.8. The summed E-state index contributed by atoms with van der Waals surface area (Å²) < 4.78 is 33.9. The Morgan fingerprint density at radius 2 is 0.952 bits per heavy atom. The number of hydrogen-bond donors (Lipinski definition) is 0. The molecule has 0 saturated heterocycles. The van der Waals surface area contributed by atoms with Crippen LogP contribution in [0.2, 0.25) is 0 Å². The van der Waals surface area contributed by atoms with E-state index in [0.717, 1.165) is 70.6 Å². The number of nitrogens with zero attached hydrogens (tertiary/aromatic N) is 1. The van der Waals surface area contributed by atoms with Gasteiger partial charge in [0.15, 0.2) is 6.10 Å². The van der Waals surface area contributed by atoms with E-state index in [9.17, 15) is 19.0 Å². The summed E-state index contributed by atoms with van der Waals surface area (Å²) in [6.45, 7) is 3.98. The number of quaternary nitrogens is 1. The van der Waals surface area contributed by atoms with Crippen LogP contribution in [0.1, 0.15) is 168 Å². The molecule has 2 atom stereocenters. The minimum Gasteiger partial charge on any atom is -0.756 e.